The van der Waals surface area contributed by atoms with Crippen LogP contribution in [-0.2, 0) is 19.2 Å². The fourth-order valence-corrected chi connectivity index (χ4v) is 6.98. The summed E-state index contributed by atoms with van der Waals surface area (Å²) in [5.41, 5.74) is 3.41. The van der Waals surface area contributed by atoms with Gasteiger partial charge in [0.05, 0.1) is 31.7 Å². The summed E-state index contributed by atoms with van der Waals surface area (Å²) in [4.78, 5) is 67.5. The highest BCUT2D eigenvalue weighted by Gasteiger charge is 2.56. The molecule has 0 unspecified atom stereocenters. The predicted octanol–water partition coefficient (Wildman–Crippen LogP) is 4.79. The Kier molecular flexibility index (Phi) is 7.19. The summed E-state index contributed by atoms with van der Waals surface area (Å²) in [6.45, 7) is 3.05. The molecule has 6 rings (SSSR count). The molecule has 0 spiro atoms. The van der Waals surface area contributed by atoms with Crippen LogP contribution in [0.2, 0.25) is 0 Å². The van der Waals surface area contributed by atoms with Crippen LogP contribution in [0.15, 0.2) is 76.9 Å². The Morgan fingerprint density at radius 3 is 2.25 bits per heavy atom. The number of ketones is 3. The number of phenols is 1. The number of rotatable bonds is 6. The van der Waals surface area contributed by atoms with Gasteiger partial charge in [0.25, 0.3) is 0 Å². The number of hydrogen-bond donors (Lipinski definition) is 1. The van der Waals surface area contributed by atoms with Gasteiger partial charge in [0.1, 0.15) is 0 Å². The maximum absolute atomic E-state index is 14.0. The number of nitrogens with zero attached hydrogens (tertiary/aromatic N) is 1. The Hall–Kier alpha value is -5.05. The second-order valence-electron chi connectivity index (χ2n) is 11.5. The summed E-state index contributed by atoms with van der Waals surface area (Å²) >= 11 is 0. The number of carbonyl (C=O) groups excluding carboxylic acids is 5. The van der Waals surface area contributed by atoms with Gasteiger partial charge in [-0.2, -0.15) is 0 Å². The molecular weight excluding hydrogens is 562 g/mol. The molecule has 0 bridgehead atoms. The molecule has 44 heavy (non-hydrogen) atoms. The molecule has 2 aromatic rings. The van der Waals surface area contributed by atoms with Crippen LogP contribution in [-0.4, -0.2) is 48.5 Å². The molecule has 2 aromatic carbocycles. The monoisotopic (exact) mass is 593 g/mol. The molecule has 9 heteroatoms. The standard InChI is InChI=1S/C35H31NO8/c1-17-13-27(38)30-23(10-5-19-14-28(43-3)33(40)29(15-19)44-4)22-11-12-24-31(25(22)16-26(30)32(17)39)35(42)36(34(24)41)21-8-6-20(7-9-21)18(2)37/h5-11,13-15,23-25,31,40H,12,16H2,1-4H3/t23-,24-,25+,31-/m0/s1. The lowest BCUT2D eigenvalue weighted by Gasteiger charge is -2.41. The molecule has 1 heterocycles. The lowest BCUT2D eigenvalue weighted by atomic mass is 9.60. The lowest BCUT2D eigenvalue weighted by Crippen LogP contribution is -2.40. The van der Waals surface area contributed by atoms with Crippen molar-refractivity contribution in [2.75, 3.05) is 19.1 Å². The van der Waals surface area contributed by atoms with Gasteiger partial charge in [-0.3, -0.25) is 28.9 Å². The van der Waals surface area contributed by atoms with E-state index in [-0.39, 0.29) is 52.8 Å². The zero-order valence-corrected chi connectivity index (χ0v) is 24.7. The first-order valence-corrected chi connectivity index (χ1v) is 14.4. The highest BCUT2D eigenvalue weighted by molar-refractivity contribution is 6.24. The molecule has 1 N–H and O–H groups in total. The number of carbonyl (C=O) groups is 5. The second-order valence-corrected chi connectivity index (χ2v) is 11.5. The third-order valence-electron chi connectivity index (χ3n) is 9.13. The number of fused-ring (bicyclic) bond motifs is 3. The Morgan fingerprint density at radius 2 is 1.64 bits per heavy atom. The van der Waals surface area contributed by atoms with E-state index in [0.29, 0.717) is 40.0 Å². The fraction of sp³-hybridized carbons (Fsp3) is 0.286. The van der Waals surface area contributed by atoms with E-state index in [1.165, 1.54) is 32.1 Å². The van der Waals surface area contributed by atoms with Crippen molar-refractivity contribution in [3.05, 3.63) is 88.0 Å². The van der Waals surface area contributed by atoms with Crippen molar-refractivity contribution in [1.29, 1.82) is 0 Å². The molecule has 0 aromatic heterocycles. The van der Waals surface area contributed by atoms with Crippen LogP contribution in [0.4, 0.5) is 5.69 Å². The maximum Gasteiger partial charge on any atom is 0.238 e. The van der Waals surface area contributed by atoms with E-state index < -0.39 is 23.7 Å². The SMILES string of the molecule is COc1cc(C=C[C@H]2C3=CC[C@@H]4C(=O)N(c5ccc(C(C)=O)cc5)C(=O)[C@@H]4[C@@H]3CC3=C2C(=O)C=C(C)C3=O)cc(OC)c1O. The van der Waals surface area contributed by atoms with E-state index in [0.717, 1.165) is 5.57 Å². The van der Waals surface area contributed by atoms with Crippen molar-refractivity contribution >= 4 is 40.9 Å². The van der Waals surface area contributed by atoms with Crippen molar-refractivity contribution in [2.45, 2.75) is 26.7 Å². The Bertz CT molecular complexity index is 1750. The minimum atomic E-state index is -0.706. The number of allylic oxidation sites excluding steroid dienone is 7. The highest BCUT2D eigenvalue weighted by atomic mass is 16.5. The first kappa shape index (κ1) is 29.0. The minimum absolute atomic E-state index is 0.122. The van der Waals surface area contributed by atoms with Gasteiger partial charge in [-0.05, 0) is 80.6 Å². The summed E-state index contributed by atoms with van der Waals surface area (Å²) in [6.07, 6.45) is 7.38. The molecule has 1 fully saturated rings. The van der Waals surface area contributed by atoms with E-state index in [2.05, 4.69) is 0 Å². The van der Waals surface area contributed by atoms with E-state index in [1.807, 2.05) is 12.2 Å². The van der Waals surface area contributed by atoms with Gasteiger partial charge in [-0.25, -0.2) is 0 Å². The molecule has 0 radical (unpaired) electrons. The molecule has 2 amide bonds. The van der Waals surface area contributed by atoms with E-state index in [4.69, 9.17) is 9.47 Å². The minimum Gasteiger partial charge on any atom is -0.502 e. The summed E-state index contributed by atoms with van der Waals surface area (Å²) < 4.78 is 10.6. The Labute approximate surface area is 254 Å². The number of phenolic OH excluding ortho intramolecular Hbond substituents is 1. The van der Waals surface area contributed by atoms with Crippen LogP contribution >= 0.6 is 0 Å². The fourth-order valence-electron chi connectivity index (χ4n) is 6.98. The molecule has 4 aliphatic rings. The van der Waals surface area contributed by atoms with Crippen molar-refractivity contribution in [3.8, 4) is 17.2 Å². The topological polar surface area (TPSA) is 127 Å². The molecular formula is C35H31NO8. The third kappa shape index (κ3) is 4.51. The lowest BCUT2D eigenvalue weighted by molar-refractivity contribution is -0.123. The van der Waals surface area contributed by atoms with Gasteiger partial charge in [0, 0.05) is 28.2 Å². The van der Waals surface area contributed by atoms with Gasteiger partial charge in [-0.1, -0.05) is 23.8 Å². The van der Waals surface area contributed by atoms with Crippen LogP contribution in [0.3, 0.4) is 0 Å². The van der Waals surface area contributed by atoms with Gasteiger partial charge >= 0.3 is 0 Å². The third-order valence-corrected chi connectivity index (χ3v) is 9.13. The quantitative estimate of drug-likeness (QED) is 0.219. The molecule has 224 valence electrons. The molecule has 0 saturated carbocycles. The smallest absolute Gasteiger partial charge is 0.238 e. The Morgan fingerprint density at radius 1 is 0.977 bits per heavy atom. The largest absolute Gasteiger partial charge is 0.502 e. The number of methoxy groups -OCH3 is 2. The number of benzene rings is 2. The van der Waals surface area contributed by atoms with Crippen LogP contribution in [0, 0.1) is 23.7 Å². The summed E-state index contributed by atoms with van der Waals surface area (Å²) in [6, 6.07) is 9.64. The Balaban J connectivity index is 1.41. The van der Waals surface area contributed by atoms with Crippen molar-refractivity contribution < 1.29 is 38.6 Å². The molecule has 1 saturated heterocycles. The normalized spacial score (nSPS) is 24.6. The zero-order chi connectivity index (χ0) is 31.4. The molecule has 4 atom stereocenters. The molecule has 9 nitrogen and oxygen atoms in total. The van der Waals surface area contributed by atoms with Gasteiger partial charge in [0.2, 0.25) is 17.6 Å². The second kappa shape index (κ2) is 10.9. The van der Waals surface area contributed by atoms with E-state index in [9.17, 15) is 29.1 Å². The number of amides is 2. The van der Waals surface area contributed by atoms with Crippen molar-refractivity contribution in [3.63, 3.8) is 0 Å². The van der Waals surface area contributed by atoms with Gasteiger partial charge in [0.15, 0.2) is 28.8 Å². The first-order valence-electron chi connectivity index (χ1n) is 14.4. The number of aromatic hydroxyl groups is 1. The van der Waals surface area contributed by atoms with Crippen molar-refractivity contribution in [1.82, 2.24) is 0 Å². The number of ether oxygens (including phenoxy) is 2. The van der Waals surface area contributed by atoms with Crippen LogP contribution < -0.4 is 14.4 Å². The average molecular weight is 594 g/mol. The van der Waals surface area contributed by atoms with Gasteiger partial charge in [-0.15, -0.1) is 0 Å². The number of hydrogen-bond acceptors (Lipinski definition) is 8. The molecule has 3 aliphatic carbocycles. The summed E-state index contributed by atoms with van der Waals surface area (Å²) in [5, 5.41) is 10.3. The van der Waals surface area contributed by atoms with Crippen LogP contribution in [0.1, 0.15) is 42.6 Å². The van der Waals surface area contributed by atoms with Gasteiger partial charge < -0.3 is 14.6 Å². The van der Waals surface area contributed by atoms with E-state index >= 15 is 0 Å². The molecule has 1 aliphatic heterocycles. The predicted molar refractivity (Wildman–Crippen MR) is 161 cm³/mol. The van der Waals surface area contributed by atoms with E-state index in [1.54, 1.807) is 49.4 Å². The highest BCUT2D eigenvalue weighted by Crippen LogP contribution is 2.53. The summed E-state index contributed by atoms with van der Waals surface area (Å²) in [5.74, 6) is -3.40. The first-order chi connectivity index (χ1) is 21.0. The zero-order valence-electron chi connectivity index (χ0n) is 24.7. The maximum atomic E-state index is 14.0. The van der Waals surface area contributed by atoms with Crippen LogP contribution in [0.25, 0.3) is 6.08 Å². The number of anilines is 1. The average Bonchev–Trinajstić information content (AvgIpc) is 3.27. The van der Waals surface area contributed by atoms with Crippen LogP contribution in [0.5, 0.6) is 17.2 Å². The van der Waals surface area contributed by atoms with Crippen molar-refractivity contribution in [2.24, 2.45) is 23.7 Å². The number of imide groups is 1. The number of Topliss-reactive ketones (excluding diaryl/α,β-unsaturated/α-hetero) is 2. The summed E-state index contributed by atoms with van der Waals surface area (Å²) in [7, 11) is 2.85.